The summed E-state index contributed by atoms with van der Waals surface area (Å²) in [4.78, 5) is 29.9. The van der Waals surface area contributed by atoms with E-state index in [0.717, 1.165) is 53.9 Å². The smallest absolute Gasteiger partial charge is 0.270 e. The second kappa shape index (κ2) is 10.3. The minimum Gasteiger partial charge on any atom is -0.356 e. The van der Waals surface area contributed by atoms with E-state index in [1.165, 1.54) is 34.2 Å². The summed E-state index contributed by atoms with van der Waals surface area (Å²) in [7, 11) is 0. The molecule has 0 aliphatic carbocycles. The summed E-state index contributed by atoms with van der Waals surface area (Å²) in [5, 5.41) is 12.6. The predicted octanol–water partition coefficient (Wildman–Crippen LogP) is 4.95. The number of amides is 1. The maximum atomic E-state index is 12.6. The number of para-hydroxylation sites is 1. The zero-order valence-electron chi connectivity index (χ0n) is 18.3. The number of rotatable bonds is 9. The lowest BCUT2D eigenvalue weighted by Gasteiger charge is -2.13. The molecule has 1 aliphatic rings. The van der Waals surface area contributed by atoms with E-state index in [-0.39, 0.29) is 17.4 Å². The summed E-state index contributed by atoms with van der Waals surface area (Å²) in [5.74, 6) is 0.171. The molecule has 4 rings (SSSR count). The minimum atomic E-state index is -0.0407. The summed E-state index contributed by atoms with van der Waals surface area (Å²) in [6.07, 6.45) is 5.57. The van der Waals surface area contributed by atoms with Crippen molar-refractivity contribution in [3.8, 4) is 0 Å². The number of nitrogens with one attached hydrogen (secondary N) is 2. The number of aromatic amines is 1. The molecule has 0 atom stereocenters. The van der Waals surface area contributed by atoms with Gasteiger partial charge in [0.05, 0.1) is 5.75 Å². The molecular formula is C23H27N5O2S2. The Balaban J connectivity index is 1.36. The number of aryl methyl sites for hydroxylation is 2. The number of hydrogen-bond acceptors (Lipinski definition) is 7. The second-order valence-electron chi connectivity index (χ2n) is 7.67. The first-order chi connectivity index (χ1) is 15.6. The van der Waals surface area contributed by atoms with Crippen LogP contribution in [0.5, 0.6) is 0 Å². The molecule has 0 spiro atoms. The number of nitrogens with zero attached hydrogens (tertiary/aromatic N) is 3. The Morgan fingerprint density at radius 2 is 1.88 bits per heavy atom. The topological polar surface area (TPSA) is 91.0 Å². The Bertz CT molecular complexity index is 1080. The van der Waals surface area contributed by atoms with Gasteiger partial charge in [0, 0.05) is 30.5 Å². The van der Waals surface area contributed by atoms with Crippen LogP contribution < -0.4 is 5.32 Å². The number of anilines is 2. The van der Waals surface area contributed by atoms with Crippen LogP contribution in [0.1, 0.15) is 58.7 Å². The van der Waals surface area contributed by atoms with E-state index in [9.17, 15) is 9.59 Å². The molecule has 7 nitrogen and oxygen atoms in total. The van der Waals surface area contributed by atoms with Crippen molar-refractivity contribution in [3.63, 3.8) is 0 Å². The number of benzene rings is 1. The summed E-state index contributed by atoms with van der Waals surface area (Å²) < 4.78 is 0.733. The molecule has 0 bridgehead atoms. The van der Waals surface area contributed by atoms with Crippen LogP contribution in [0.25, 0.3) is 0 Å². The maximum Gasteiger partial charge on any atom is 0.270 e. The van der Waals surface area contributed by atoms with Crippen molar-refractivity contribution < 1.29 is 9.59 Å². The molecule has 0 radical (unpaired) electrons. The number of likely N-dealkylation sites (tertiary alicyclic amines) is 1. The predicted molar refractivity (Wildman–Crippen MR) is 129 cm³/mol. The Morgan fingerprint density at radius 3 is 2.56 bits per heavy atom. The van der Waals surface area contributed by atoms with Gasteiger partial charge in [0.1, 0.15) is 5.69 Å². The van der Waals surface area contributed by atoms with Gasteiger partial charge in [-0.05, 0) is 42.9 Å². The van der Waals surface area contributed by atoms with Crippen LogP contribution in [0.4, 0.5) is 10.8 Å². The van der Waals surface area contributed by atoms with E-state index in [1.54, 1.807) is 12.3 Å². The third-order valence-electron chi connectivity index (χ3n) is 5.59. The van der Waals surface area contributed by atoms with Crippen molar-refractivity contribution in [2.24, 2.45) is 0 Å². The van der Waals surface area contributed by atoms with Gasteiger partial charge in [-0.2, -0.15) is 0 Å². The third-order valence-corrected chi connectivity index (χ3v) is 7.56. The lowest BCUT2D eigenvalue weighted by Crippen LogP contribution is -2.27. The first kappa shape index (κ1) is 22.5. The molecule has 0 saturated carbocycles. The van der Waals surface area contributed by atoms with Crippen LogP contribution in [-0.4, -0.2) is 50.6 Å². The third kappa shape index (κ3) is 5.05. The zero-order valence-corrected chi connectivity index (χ0v) is 19.9. The molecule has 1 amide bonds. The number of carbonyl (C=O) groups excluding carboxylic acids is 2. The fraction of sp³-hybridized carbons (Fsp3) is 0.391. The van der Waals surface area contributed by atoms with Crippen LogP contribution in [0.2, 0.25) is 0 Å². The number of carbonyl (C=O) groups is 2. The highest BCUT2D eigenvalue weighted by atomic mass is 32.2. The number of hydrogen-bond donors (Lipinski definition) is 2. The number of ketones is 1. The number of Topliss-reactive ketones (excluding diaryl/α,β-unsaturated/α-hetero) is 1. The van der Waals surface area contributed by atoms with Crippen molar-refractivity contribution in [1.29, 1.82) is 0 Å². The largest absolute Gasteiger partial charge is 0.356 e. The molecule has 9 heteroatoms. The van der Waals surface area contributed by atoms with Gasteiger partial charge in [-0.3, -0.25) is 9.59 Å². The molecule has 1 aliphatic heterocycles. The molecule has 3 heterocycles. The van der Waals surface area contributed by atoms with Gasteiger partial charge in [-0.15, -0.1) is 10.2 Å². The van der Waals surface area contributed by atoms with E-state index >= 15 is 0 Å². The molecule has 0 unspecified atom stereocenters. The van der Waals surface area contributed by atoms with Crippen molar-refractivity contribution in [2.45, 2.75) is 43.9 Å². The van der Waals surface area contributed by atoms with Crippen LogP contribution >= 0.6 is 23.1 Å². The quantitative estimate of drug-likeness (QED) is 0.341. The van der Waals surface area contributed by atoms with E-state index in [2.05, 4.69) is 52.5 Å². The van der Waals surface area contributed by atoms with E-state index in [4.69, 9.17) is 0 Å². The molecular weight excluding hydrogens is 442 g/mol. The first-order valence-electron chi connectivity index (χ1n) is 10.9. The Morgan fingerprint density at radius 1 is 1.16 bits per heavy atom. The zero-order chi connectivity index (χ0) is 22.5. The standard InChI is InChI=1S/C23H27N5O2S2/c1-3-15-8-7-9-16(4-2)20(15)25-22-26-27-23(32-22)31-14-19(29)17-12-18(24-13-17)21(30)28-10-5-6-11-28/h7-9,12-13,24H,3-6,10-11,14H2,1-2H3,(H,25,26). The minimum absolute atomic E-state index is 0.0344. The van der Waals surface area contributed by atoms with Gasteiger partial charge >= 0.3 is 0 Å². The summed E-state index contributed by atoms with van der Waals surface area (Å²) in [6.45, 7) is 5.84. The van der Waals surface area contributed by atoms with Gasteiger partial charge in [0.25, 0.3) is 5.91 Å². The summed E-state index contributed by atoms with van der Waals surface area (Å²) in [5.41, 5.74) is 4.59. The van der Waals surface area contributed by atoms with Crippen molar-refractivity contribution in [1.82, 2.24) is 20.1 Å². The Hall–Kier alpha value is -2.65. The summed E-state index contributed by atoms with van der Waals surface area (Å²) >= 11 is 2.80. The van der Waals surface area contributed by atoms with Crippen LogP contribution in [0.3, 0.4) is 0 Å². The summed E-state index contributed by atoms with van der Waals surface area (Å²) in [6, 6.07) is 7.98. The van der Waals surface area contributed by atoms with Crippen molar-refractivity contribution in [3.05, 3.63) is 52.8 Å². The van der Waals surface area contributed by atoms with Crippen LogP contribution in [0, 0.1) is 0 Å². The van der Waals surface area contributed by atoms with Crippen LogP contribution in [0.15, 0.2) is 34.8 Å². The molecule has 1 aromatic carbocycles. The monoisotopic (exact) mass is 469 g/mol. The molecule has 1 saturated heterocycles. The highest BCUT2D eigenvalue weighted by molar-refractivity contribution is 8.01. The Kier molecular flexibility index (Phi) is 7.26. The van der Waals surface area contributed by atoms with Crippen molar-refractivity contribution >= 4 is 45.6 Å². The molecule has 1 fully saturated rings. The normalized spacial score (nSPS) is 13.5. The highest BCUT2D eigenvalue weighted by Crippen LogP contribution is 2.31. The lowest BCUT2D eigenvalue weighted by molar-refractivity contribution is 0.0787. The fourth-order valence-corrected chi connectivity index (χ4v) is 5.46. The number of H-pyrrole nitrogens is 1. The maximum absolute atomic E-state index is 12.6. The molecule has 3 aromatic rings. The Labute approximate surface area is 196 Å². The second-order valence-corrected chi connectivity index (χ2v) is 9.87. The highest BCUT2D eigenvalue weighted by Gasteiger charge is 2.22. The van der Waals surface area contributed by atoms with Crippen LogP contribution in [-0.2, 0) is 12.8 Å². The molecule has 2 N–H and O–H groups in total. The van der Waals surface area contributed by atoms with E-state index in [0.29, 0.717) is 11.3 Å². The van der Waals surface area contributed by atoms with Gasteiger partial charge < -0.3 is 15.2 Å². The number of thioether (sulfide) groups is 1. The number of aromatic nitrogens is 3. The fourth-order valence-electron chi connectivity index (χ4n) is 3.81. The van der Waals surface area contributed by atoms with E-state index in [1.807, 2.05) is 4.90 Å². The van der Waals surface area contributed by atoms with Gasteiger partial charge in [-0.25, -0.2) is 0 Å². The average molecular weight is 470 g/mol. The van der Waals surface area contributed by atoms with Gasteiger partial charge in [0.15, 0.2) is 10.1 Å². The molecule has 32 heavy (non-hydrogen) atoms. The molecule has 2 aromatic heterocycles. The van der Waals surface area contributed by atoms with Crippen molar-refractivity contribution in [2.75, 3.05) is 24.2 Å². The van der Waals surface area contributed by atoms with E-state index < -0.39 is 0 Å². The van der Waals surface area contributed by atoms with Gasteiger partial charge in [-0.1, -0.05) is 55.1 Å². The SMILES string of the molecule is CCc1cccc(CC)c1Nc1nnc(SCC(=O)c2c[nH]c(C(=O)N3CCCC3)c2)s1. The average Bonchev–Trinajstić information content (AvgIpc) is 3.59. The first-order valence-corrected chi connectivity index (χ1v) is 12.7. The lowest BCUT2D eigenvalue weighted by atomic mass is 10.0. The van der Waals surface area contributed by atoms with Gasteiger partial charge in [0.2, 0.25) is 5.13 Å². The molecule has 168 valence electrons.